The molecule has 2 heterocycles. The highest BCUT2D eigenvalue weighted by Crippen LogP contribution is 2.21. The number of rotatable bonds is 1. The zero-order chi connectivity index (χ0) is 12.5. The van der Waals surface area contributed by atoms with Crippen molar-refractivity contribution in [2.24, 2.45) is 0 Å². The van der Waals surface area contributed by atoms with Crippen molar-refractivity contribution in [1.82, 2.24) is 14.9 Å². The summed E-state index contributed by atoms with van der Waals surface area (Å²) in [5.74, 6) is 0. The molecule has 2 aromatic rings. The van der Waals surface area contributed by atoms with Gasteiger partial charge in [0.1, 0.15) is 0 Å². The number of hydrogen-bond donors (Lipinski definition) is 1. The number of nitrogens with zero attached hydrogens (tertiary/aromatic N) is 2. The molecule has 4 nitrogen and oxygen atoms in total. The van der Waals surface area contributed by atoms with E-state index >= 15 is 0 Å². The zero-order valence-corrected chi connectivity index (χ0v) is 11.5. The van der Waals surface area contributed by atoms with Crippen molar-refractivity contribution >= 4 is 26.8 Å². The summed E-state index contributed by atoms with van der Waals surface area (Å²) >= 11 is 3.44. The Balaban J connectivity index is 2.16. The van der Waals surface area contributed by atoms with Gasteiger partial charge in [0.25, 0.3) is 5.56 Å². The van der Waals surface area contributed by atoms with E-state index in [-0.39, 0.29) is 11.6 Å². The van der Waals surface area contributed by atoms with Crippen molar-refractivity contribution in [2.75, 3.05) is 13.1 Å². The van der Waals surface area contributed by atoms with E-state index in [1.165, 1.54) is 0 Å². The molecule has 0 unspecified atom stereocenters. The fourth-order valence-corrected chi connectivity index (χ4v) is 3.01. The van der Waals surface area contributed by atoms with Crippen LogP contribution in [-0.4, -0.2) is 22.6 Å². The predicted molar refractivity (Wildman–Crippen MR) is 74.8 cm³/mol. The zero-order valence-electron chi connectivity index (χ0n) is 9.90. The Morgan fingerprint density at radius 1 is 1.33 bits per heavy atom. The highest BCUT2D eigenvalue weighted by Gasteiger charge is 2.17. The summed E-state index contributed by atoms with van der Waals surface area (Å²) < 4.78 is 2.61. The standard InChI is InChI=1S/C13H14BrN3O/c14-10-2-1-3-11-12(10)13(18)17(8-16-11)9-4-6-15-7-5-9/h1-3,8-9,15H,4-7H2. The number of hydrogen-bond acceptors (Lipinski definition) is 3. The second-order valence-electron chi connectivity index (χ2n) is 4.57. The van der Waals surface area contributed by atoms with Crippen molar-refractivity contribution in [3.63, 3.8) is 0 Å². The van der Waals surface area contributed by atoms with E-state index in [0.29, 0.717) is 5.39 Å². The topological polar surface area (TPSA) is 46.9 Å². The molecule has 1 fully saturated rings. The molecule has 1 aliphatic heterocycles. The van der Waals surface area contributed by atoms with E-state index in [0.717, 1.165) is 35.9 Å². The van der Waals surface area contributed by atoms with Crippen LogP contribution in [0.4, 0.5) is 0 Å². The molecule has 94 valence electrons. The maximum Gasteiger partial charge on any atom is 0.262 e. The van der Waals surface area contributed by atoms with Gasteiger partial charge in [0, 0.05) is 10.5 Å². The average molecular weight is 308 g/mol. The maximum atomic E-state index is 12.5. The van der Waals surface area contributed by atoms with Crippen molar-refractivity contribution < 1.29 is 0 Å². The second-order valence-corrected chi connectivity index (χ2v) is 5.43. The van der Waals surface area contributed by atoms with E-state index in [9.17, 15) is 4.79 Å². The first-order chi connectivity index (χ1) is 8.77. The van der Waals surface area contributed by atoms with Gasteiger partial charge in [-0.05, 0) is 54.0 Å². The number of nitrogens with one attached hydrogen (secondary N) is 1. The molecular formula is C13H14BrN3O. The number of halogens is 1. The summed E-state index contributed by atoms with van der Waals surface area (Å²) in [5.41, 5.74) is 0.805. The minimum absolute atomic E-state index is 0.0550. The van der Waals surface area contributed by atoms with Crippen LogP contribution in [0.15, 0.2) is 33.8 Å². The fraction of sp³-hybridized carbons (Fsp3) is 0.385. The van der Waals surface area contributed by atoms with E-state index in [2.05, 4.69) is 26.2 Å². The highest BCUT2D eigenvalue weighted by atomic mass is 79.9. The van der Waals surface area contributed by atoms with Gasteiger partial charge in [-0.3, -0.25) is 9.36 Å². The van der Waals surface area contributed by atoms with Crippen molar-refractivity contribution in [3.05, 3.63) is 39.4 Å². The monoisotopic (exact) mass is 307 g/mol. The van der Waals surface area contributed by atoms with Crippen LogP contribution in [-0.2, 0) is 0 Å². The van der Waals surface area contributed by atoms with Crippen LogP contribution in [0.25, 0.3) is 10.9 Å². The molecule has 1 N–H and O–H groups in total. The van der Waals surface area contributed by atoms with E-state index in [1.807, 2.05) is 18.2 Å². The Bertz CT molecular complexity index is 632. The lowest BCUT2D eigenvalue weighted by Crippen LogP contribution is -2.34. The molecule has 5 heteroatoms. The van der Waals surface area contributed by atoms with Gasteiger partial charge < -0.3 is 5.32 Å². The van der Waals surface area contributed by atoms with E-state index < -0.39 is 0 Å². The van der Waals surface area contributed by atoms with Crippen LogP contribution in [0.2, 0.25) is 0 Å². The number of piperidine rings is 1. The molecule has 18 heavy (non-hydrogen) atoms. The molecular weight excluding hydrogens is 294 g/mol. The minimum atomic E-state index is 0.0550. The molecule has 0 saturated carbocycles. The molecule has 1 saturated heterocycles. The number of aromatic nitrogens is 2. The van der Waals surface area contributed by atoms with E-state index in [1.54, 1.807) is 10.9 Å². The second kappa shape index (κ2) is 4.82. The van der Waals surface area contributed by atoms with Crippen LogP contribution in [0.3, 0.4) is 0 Å². The van der Waals surface area contributed by atoms with Crippen LogP contribution < -0.4 is 10.9 Å². The Kier molecular flexibility index (Phi) is 3.18. The SMILES string of the molecule is O=c1c2c(Br)cccc2ncn1C1CCNCC1. The van der Waals surface area contributed by atoms with Gasteiger partial charge in [-0.1, -0.05) is 6.07 Å². The quantitative estimate of drug-likeness (QED) is 0.877. The smallest absolute Gasteiger partial charge is 0.262 e. The van der Waals surface area contributed by atoms with Gasteiger partial charge in [-0.25, -0.2) is 4.98 Å². The molecule has 3 rings (SSSR count). The molecule has 0 amide bonds. The first-order valence-electron chi connectivity index (χ1n) is 6.13. The van der Waals surface area contributed by atoms with Crippen molar-refractivity contribution in [1.29, 1.82) is 0 Å². The summed E-state index contributed by atoms with van der Waals surface area (Å²) in [7, 11) is 0. The van der Waals surface area contributed by atoms with Gasteiger partial charge >= 0.3 is 0 Å². The Hall–Kier alpha value is -1.20. The molecule has 0 radical (unpaired) electrons. The summed E-state index contributed by atoms with van der Waals surface area (Å²) in [5, 5.41) is 3.99. The minimum Gasteiger partial charge on any atom is -0.317 e. The van der Waals surface area contributed by atoms with Gasteiger partial charge in [-0.2, -0.15) is 0 Å². The van der Waals surface area contributed by atoms with Crippen LogP contribution in [0, 0.1) is 0 Å². The lowest BCUT2D eigenvalue weighted by Gasteiger charge is -2.24. The first-order valence-corrected chi connectivity index (χ1v) is 6.93. The lowest BCUT2D eigenvalue weighted by molar-refractivity contribution is 0.359. The third-order valence-corrected chi connectivity index (χ3v) is 4.12. The molecule has 0 bridgehead atoms. The van der Waals surface area contributed by atoms with Crippen molar-refractivity contribution in [3.8, 4) is 0 Å². The molecule has 0 aliphatic carbocycles. The normalized spacial score (nSPS) is 17.2. The fourth-order valence-electron chi connectivity index (χ4n) is 2.48. The number of benzene rings is 1. The Morgan fingerprint density at radius 3 is 2.89 bits per heavy atom. The third kappa shape index (κ3) is 1.97. The molecule has 1 aromatic carbocycles. The highest BCUT2D eigenvalue weighted by molar-refractivity contribution is 9.10. The van der Waals surface area contributed by atoms with Crippen molar-refractivity contribution in [2.45, 2.75) is 18.9 Å². The van der Waals surface area contributed by atoms with Crippen LogP contribution in [0.1, 0.15) is 18.9 Å². The van der Waals surface area contributed by atoms with Gasteiger partial charge in [0.05, 0.1) is 17.2 Å². The van der Waals surface area contributed by atoms with Gasteiger partial charge in [0.15, 0.2) is 0 Å². The largest absolute Gasteiger partial charge is 0.317 e. The Labute approximate surface area is 113 Å². The summed E-state index contributed by atoms with van der Waals surface area (Å²) in [4.78, 5) is 16.9. The molecule has 1 aromatic heterocycles. The molecule has 1 aliphatic rings. The van der Waals surface area contributed by atoms with Crippen LogP contribution in [0.5, 0.6) is 0 Å². The average Bonchev–Trinajstić information content (AvgIpc) is 2.40. The summed E-state index contributed by atoms with van der Waals surface area (Å²) in [6.07, 6.45) is 3.65. The number of fused-ring (bicyclic) bond motifs is 1. The maximum absolute atomic E-state index is 12.5. The third-order valence-electron chi connectivity index (χ3n) is 3.46. The summed E-state index contributed by atoms with van der Waals surface area (Å²) in [6, 6.07) is 5.92. The lowest BCUT2D eigenvalue weighted by atomic mass is 10.1. The predicted octanol–water partition coefficient (Wildman–Crippen LogP) is 2.08. The van der Waals surface area contributed by atoms with Crippen LogP contribution >= 0.6 is 15.9 Å². The Morgan fingerprint density at radius 2 is 2.11 bits per heavy atom. The molecule has 0 atom stereocenters. The van der Waals surface area contributed by atoms with E-state index in [4.69, 9.17) is 0 Å². The first kappa shape index (κ1) is 11.9. The molecule has 0 spiro atoms. The van der Waals surface area contributed by atoms with Gasteiger partial charge in [0.2, 0.25) is 0 Å². The van der Waals surface area contributed by atoms with Gasteiger partial charge in [-0.15, -0.1) is 0 Å². The summed E-state index contributed by atoms with van der Waals surface area (Å²) in [6.45, 7) is 1.93.